The van der Waals surface area contributed by atoms with Gasteiger partial charge in [0.1, 0.15) is 5.75 Å². The molecule has 2 aromatic rings. The summed E-state index contributed by atoms with van der Waals surface area (Å²) in [5.41, 5.74) is 3.09. The lowest BCUT2D eigenvalue weighted by molar-refractivity contribution is 0.0517. The molecule has 5 nitrogen and oxygen atoms in total. The van der Waals surface area contributed by atoms with Crippen LogP contribution in [-0.2, 0) is 17.7 Å². The average molecular weight is 381 g/mol. The van der Waals surface area contributed by atoms with Crippen LogP contribution in [0.2, 0.25) is 0 Å². The molecular weight excluding hydrogens is 360 g/mol. The maximum Gasteiger partial charge on any atom is 0.359 e. The minimum atomic E-state index is -0.381. The van der Waals surface area contributed by atoms with Gasteiger partial charge in [-0.25, -0.2) is 4.79 Å². The summed E-state index contributed by atoms with van der Waals surface area (Å²) in [4.78, 5) is 12.2. The topological polar surface area (TPSA) is 53.3 Å². The van der Waals surface area contributed by atoms with E-state index in [1.165, 1.54) is 0 Å². The van der Waals surface area contributed by atoms with Crippen LogP contribution in [0.25, 0.3) is 11.3 Å². The van der Waals surface area contributed by atoms with Crippen LogP contribution in [-0.4, -0.2) is 29.5 Å². The molecule has 6 heteroatoms. The highest BCUT2D eigenvalue weighted by Gasteiger charge is 2.25. The number of aryl methyl sites for hydroxylation is 1. The highest BCUT2D eigenvalue weighted by molar-refractivity contribution is 9.10. The molecule has 2 rings (SSSR count). The Bertz CT molecular complexity index is 710. The Morgan fingerprint density at radius 1 is 1.30 bits per heavy atom. The fraction of sp³-hybridized carbons (Fsp3) is 0.412. The highest BCUT2D eigenvalue weighted by atomic mass is 79.9. The first-order valence-corrected chi connectivity index (χ1v) is 8.47. The summed E-state index contributed by atoms with van der Waals surface area (Å²) in [6.07, 6.45) is 0.683. The molecule has 0 N–H and O–H groups in total. The number of aromatic nitrogens is 2. The van der Waals surface area contributed by atoms with Crippen LogP contribution in [0.15, 0.2) is 22.7 Å². The molecule has 0 bridgehead atoms. The van der Waals surface area contributed by atoms with E-state index in [1.54, 1.807) is 14.0 Å². The zero-order valence-electron chi connectivity index (χ0n) is 13.9. The van der Waals surface area contributed by atoms with Gasteiger partial charge in [0.2, 0.25) is 0 Å². The first kappa shape index (κ1) is 17.5. The second kappa shape index (κ2) is 7.64. The van der Waals surface area contributed by atoms with E-state index in [0.717, 1.165) is 27.0 Å². The van der Waals surface area contributed by atoms with Crippen LogP contribution >= 0.6 is 15.9 Å². The molecule has 0 saturated heterocycles. The molecule has 0 unspecified atom stereocenters. The molecule has 1 heterocycles. The van der Waals surface area contributed by atoms with Crippen molar-refractivity contribution in [3.63, 3.8) is 0 Å². The van der Waals surface area contributed by atoms with E-state index in [0.29, 0.717) is 25.3 Å². The predicted molar refractivity (Wildman–Crippen MR) is 92.9 cm³/mol. The average Bonchev–Trinajstić information content (AvgIpc) is 2.93. The fourth-order valence-corrected chi connectivity index (χ4v) is 2.93. The van der Waals surface area contributed by atoms with Crippen LogP contribution in [0.4, 0.5) is 0 Å². The van der Waals surface area contributed by atoms with Crippen LogP contribution < -0.4 is 4.74 Å². The molecule has 0 aliphatic heterocycles. The Hall–Kier alpha value is -1.82. The van der Waals surface area contributed by atoms with Gasteiger partial charge in [-0.05, 0) is 38.5 Å². The number of benzene rings is 1. The summed E-state index contributed by atoms with van der Waals surface area (Å²) >= 11 is 3.45. The Balaban J connectivity index is 2.68. The molecule has 0 radical (unpaired) electrons. The number of nitrogens with zero attached hydrogens (tertiary/aromatic N) is 2. The van der Waals surface area contributed by atoms with E-state index in [2.05, 4.69) is 21.0 Å². The summed E-state index contributed by atoms with van der Waals surface area (Å²) in [6.45, 7) is 6.78. The molecule has 0 saturated carbocycles. The standard InChI is InChI=1S/C17H21BrN2O3/c1-5-12-15(17(21)23-7-3)19-20(6-2)16(12)13-9-8-11(18)10-14(13)22-4/h8-10H,5-7H2,1-4H3. The Labute approximate surface area is 144 Å². The van der Waals surface area contributed by atoms with Crippen LogP contribution in [0.5, 0.6) is 5.75 Å². The predicted octanol–water partition coefficient (Wildman–Crippen LogP) is 4.08. The highest BCUT2D eigenvalue weighted by Crippen LogP contribution is 2.36. The third kappa shape index (κ3) is 3.42. The van der Waals surface area contributed by atoms with Gasteiger partial charge in [0.25, 0.3) is 0 Å². The molecule has 23 heavy (non-hydrogen) atoms. The lowest BCUT2D eigenvalue weighted by Gasteiger charge is -2.12. The third-order valence-electron chi connectivity index (χ3n) is 3.59. The van der Waals surface area contributed by atoms with E-state index < -0.39 is 0 Å². The van der Waals surface area contributed by atoms with Gasteiger partial charge in [-0.3, -0.25) is 4.68 Å². The molecule has 0 aliphatic rings. The SMILES string of the molecule is CCOC(=O)c1nn(CC)c(-c2ccc(Br)cc2OC)c1CC. The van der Waals surface area contributed by atoms with Crippen molar-refractivity contribution in [3.8, 4) is 17.0 Å². The minimum absolute atomic E-state index is 0.331. The number of carbonyl (C=O) groups is 1. The van der Waals surface area contributed by atoms with Crippen LogP contribution in [0.3, 0.4) is 0 Å². The number of hydrogen-bond donors (Lipinski definition) is 0. The van der Waals surface area contributed by atoms with Crippen molar-refractivity contribution in [2.45, 2.75) is 33.7 Å². The number of rotatable bonds is 6. The number of halogens is 1. The normalized spacial score (nSPS) is 10.7. The van der Waals surface area contributed by atoms with Gasteiger partial charge in [-0.2, -0.15) is 5.10 Å². The third-order valence-corrected chi connectivity index (χ3v) is 4.08. The van der Waals surface area contributed by atoms with E-state index in [1.807, 2.05) is 36.7 Å². The molecular formula is C17H21BrN2O3. The molecule has 124 valence electrons. The first-order chi connectivity index (χ1) is 11.1. The number of methoxy groups -OCH3 is 1. The van der Waals surface area contributed by atoms with Crippen LogP contribution in [0.1, 0.15) is 36.8 Å². The lowest BCUT2D eigenvalue weighted by Crippen LogP contribution is -2.08. The Morgan fingerprint density at radius 2 is 2.04 bits per heavy atom. The van der Waals surface area contributed by atoms with Crippen molar-refractivity contribution in [1.29, 1.82) is 0 Å². The zero-order chi connectivity index (χ0) is 17.0. The minimum Gasteiger partial charge on any atom is -0.496 e. The summed E-state index contributed by atoms with van der Waals surface area (Å²) < 4.78 is 13.4. The number of hydrogen-bond acceptors (Lipinski definition) is 4. The van der Waals surface area contributed by atoms with Gasteiger partial charge in [0, 0.05) is 22.1 Å². The molecule has 1 aromatic heterocycles. The second-order valence-electron chi connectivity index (χ2n) is 4.91. The monoisotopic (exact) mass is 380 g/mol. The number of carbonyl (C=O) groups excluding carboxylic acids is 1. The van der Waals surface area contributed by atoms with Crippen molar-refractivity contribution in [2.75, 3.05) is 13.7 Å². The van der Waals surface area contributed by atoms with E-state index in [4.69, 9.17) is 9.47 Å². The van der Waals surface area contributed by atoms with Crippen molar-refractivity contribution in [3.05, 3.63) is 33.9 Å². The smallest absolute Gasteiger partial charge is 0.359 e. The largest absolute Gasteiger partial charge is 0.496 e. The quantitative estimate of drug-likeness (QED) is 0.708. The molecule has 0 atom stereocenters. The van der Waals surface area contributed by atoms with Crippen molar-refractivity contribution in [1.82, 2.24) is 9.78 Å². The maximum atomic E-state index is 12.2. The molecule has 0 amide bonds. The van der Waals surface area contributed by atoms with Crippen molar-refractivity contribution < 1.29 is 14.3 Å². The maximum absolute atomic E-state index is 12.2. The fourth-order valence-electron chi connectivity index (χ4n) is 2.59. The number of esters is 1. The molecule has 0 fully saturated rings. The van der Waals surface area contributed by atoms with Gasteiger partial charge in [0.05, 0.1) is 19.4 Å². The van der Waals surface area contributed by atoms with E-state index >= 15 is 0 Å². The summed E-state index contributed by atoms with van der Waals surface area (Å²) in [5.74, 6) is 0.355. The van der Waals surface area contributed by atoms with Gasteiger partial charge in [0.15, 0.2) is 5.69 Å². The van der Waals surface area contributed by atoms with Crippen molar-refractivity contribution in [2.24, 2.45) is 0 Å². The Morgan fingerprint density at radius 3 is 2.61 bits per heavy atom. The summed E-state index contributed by atoms with van der Waals surface area (Å²) in [6, 6.07) is 5.83. The van der Waals surface area contributed by atoms with Crippen LogP contribution in [0, 0.1) is 0 Å². The summed E-state index contributed by atoms with van der Waals surface area (Å²) in [7, 11) is 1.63. The second-order valence-corrected chi connectivity index (χ2v) is 5.83. The van der Waals surface area contributed by atoms with E-state index in [-0.39, 0.29) is 5.97 Å². The first-order valence-electron chi connectivity index (χ1n) is 7.67. The molecule has 0 spiro atoms. The van der Waals surface area contributed by atoms with Gasteiger partial charge < -0.3 is 9.47 Å². The van der Waals surface area contributed by atoms with Gasteiger partial charge in [-0.15, -0.1) is 0 Å². The van der Waals surface area contributed by atoms with Crippen molar-refractivity contribution >= 4 is 21.9 Å². The zero-order valence-corrected chi connectivity index (χ0v) is 15.4. The Kier molecular flexibility index (Phi) is 5.82. The van der Waals surface area contributed by atoms with E-state index in [9.17, 15) is 4.79 Å². The molecule has 0 aliphatic carbocycles. The van der Waals surface area contributed by atoms with Gasteiger partial charge >= 0.3 is 5.97 Å². The molecule has 1 aromatic carbocycles. The van der Waals surface area contributed by atoms with Gasteiger partial charge in [-0.1, -0.05) is 22.9 Å². The lowest BCUT2D eigenvalue weighted by atomic mass is 10.0. The summed E-state index contributed by atoms with van der Waals surface area (Å²) in [5, 5.41) is 4.47. The number of ether oxygens (including phenoxy) is 2.